The van der Waals surface area contributed by atoms with Gasteiger partial charge in [-0.05, 0) is 25.0 Å². The molecular formula is C11H12O4S2. The van der Waals surface area contributed by atoms with E-state index < -0.39 is 27.7 Å². The third kappa shape index (κ3) is 2.80. The predicted octanol–water partition coefficient (Wildman–Crippen LogP) is 1.01. The van der Waals surface area contributed by atoms with Gasteiger partial charge in [0.05, 0.1) is 5.25 Å². The molecule has 2 rings (SSSR count). The van der Waals surface area contributed by atoms with E-state index in [0.29, 0.717) is 11.7 Å². The first-order valence-electron chi connectivity index (χ1n) is 5.54. The Balaban J connectivity index is 2.00. The summed E-state index contributed by atoms with van der Waals surface area (Å²) in [5.74, 6) is -1.91. The normalized spacial score (nSPS) is 30.8. The van der Waals surface area contributed by atoms with E-state index in [1.54, 1.807) is 11.8 Å². The Hall–Kier alpha value is -0.620. The highest BCUT2D eigenvalue weighted by Crippen LogP contribution is 2.33. The quantitative estimate of drug-likeness (QED) is 0.699. The first-order valence-corrected chi connectivity index (χ1v) is 7.47. The number of hydrogen-bond acceptors (Lipinski definition) is 6. The number of rotatable bonds is 2. The van der Waals surface area contributed by atoms with E-state index in [1.165, 1.54) is 6.42 Å². The van der Waals surface area contributed by atoms with Gasteiger partial charge in [0.25, 0.3) is 16.7 Å². The zero-order valence-electron chi connectivity index (χ0n) is 9.14. The van der Waals surface area contributed by atoms with Crippen molar-refractivity contribution in [1.82, 2.24) is 0 Å². The molecule has 0 aromatic carbocycles. The smallest absolute Gasteiger partial charge is 0.283 e. The lowest BCUT2D eigenvalue weighted by Crippen LogP contribution is -2.42. The SMILES string of the molecule is O=C1SC(CC2CCCCS2)C(=O)C(=O)C1=O. The standard InChI is InChI=1S/C11H12O4S2/c12-8-7(5-6-3-1-2-4-16-6)17-11(15)10(14)9(8)13/h6-7H,1-5H2. The zero-order chi connectivity index (χ0) is 12.4. The highest BCUT2D eigenvalue weighted by atomic mass is 32.2. The second kappa shape index (κ2) is 5.35. The Morgan fingerprint density at radius 1 is 1.06 bits per heavy atom. The number of ketones is 3. The minimum Gasteiger partial charge on any atom is -0.289 e. The number of thioether (sulfide) groups is 2. The van der Waals surface area contributed by atoms with Crippen LogP contribution in [-0.2, 0) is 19.2 Å². The Morgan fingerprint density at radius 2 is 1.82 bits per heavy atom. The van der Waals surface area contributed by atoms with Crippen LogP contribution in [0, 0.1) is 0 Å². The van der Waals surface area contributed by atoms with Gasteiger partial charge < -0.3 is 0 Å². The fourth-order valence-electron chi connectivity index (χ4n) is 1.97. The predicted molar refractivity (Wildman–Crippen MR) is 66.1 cm³/mol. The van der Waals surface area contributed by atoms with Gasteiger partial charge in [-0.1, -0.05) is 18.2 Å². The summed E-state index contributed by atoms with van der Waals surface area (Å²) in [6, 6.07) is 0. The van der Waals surface area contributed by atoms with Crippen molar-refractivity contribution in [2.75, 3.05) is 5.75 Å². The maximum absolute atomic E-state index is 11.6. The van der Waals surface area contributed by atoms with E-state index >= 15 is 0 Å². The molecule has 0 aromatic heterocycles. The number of Topliss-reactive ketones (excluding diaryl/α,β-unsaturated/α-hetero) is 3. The van der Waals surface area contributed by atoms with Crippen LogP contribution in [0.15, 0.2) is 0 Å². The van der Waals surface area contributed by atoms with E-state index in [9.17, 15) is 19.2 Å². The van der Waals surface area contributed by atoms with Gasteiger partial charge >= 0.3 is 0 Å². The van der Waals surface area contributed by atoms with E-state index in [-0.39, 0.29) is 0 Å². The van der Waals surface area contributed by atoms with Gasteiger partial charge in [0, 0.05) is 5.25 Å². The van der Waals surface area contributed by atoms with Crippen LogP contribution >= 0.6 is 23.5 Å². The molecule has 2 heterocycles. The number of hydrogen-bond donors (Lipinski definition) is 0. The van der Waals surface area contributed by atoms with E-state index in [4.69, 9.17) is 0 Å². The molecule has 0 spiro atoms. The average Bonchev–Trinajstić information content (AvgIpc) is 2.35. The monoisotopic (exact) mass is 272 g/mol. The summed E-state index contributed by atoms with van der Waals surface area (Å²) in [6.45, 7) is 0. The molecule has 2 aliphatic rings. The van der Waals surface area contributed by atoms with Crippen LogP contribution in [0.4, 0.5) is 0 Å². The van der Waals surface area contributed by atoms with E-state index in [1.807, 2.05) is 0 Å². The van der Waals surface area contributed by atoms with Crippen molar-refractivity contribution in [1.29, 1.82) is 0 Å². The van der Waals surface area contributed by atoms with Crippen molar-refractivity contribution >= 4 is 46.0 Å². The lowest BCUT2D eigenvalue weighted by atomic mass is 10.0. The second-order valence-corrected chi connectivity index (χ2v) is 6.72. The summed E-state index contributed by atoms with van der Waals surface area (Å²) >= 11 is 2.52. The van der Waals surface area contributed by atoms with Gasteiger partial charge in [0.2, 0.25) is 5.78 Å². The molecule has 0 amide bonds. The average molecular weight is 272 g/mol. The molecule has 2 unspecified atom stereocenters. The fourth-order valence-corrected chi connectivity index (χ4v) is 4.46. The van der Waals surface area contributed by atoms with Crippen LogP contribution < -0.4 is 0 Å². The lowest BCUT2D eigenvalue weighted by molar-refractivity contribution is -0.147. The van der Waals surface area contributed by atoms with Gasteiger partial charge in [-0.3, -0.25) is 19.2 Å². The Morgan fingerprint density at radius 3 is 2.47 bits per heavy atom. The third-order valence-corrected chi connectivity index (χ3v) is 5.42. The largest absolute Gasteiger partial charge is 0.289 e. The Kier molecular flexibility index (Phi) is 4.04. The minimum atomic E-state index is -1.16. The van der Waals surface area contributed by atoms with Crippen molar-refractivity contribution in [3.63, 3.8) is 0 Å². The van der Waals surface area contributed by atoms with Gasteiger partial charge in [0.15, 0.2) is 0 Å². The summed E-state index contributed by atoms with van der Waals surface area (Å²) in [7, 11) is 0. The molecule has 2 saturated heterocycles. The summed E-state index contributed by atoms with van der Waals surface area (Å²) in [6.07, 6.45) is 3.86. The molecular weight excluding hydrogens is 260 g/mol. The van der Waals surface area contributed by atoms with Crippen LogP contribution in [-0.4, -0.2) is 38.7 Å². The summed E-state index contributed by atoms with van der Waals surface area (Å²) in [5.41, 5.74) is 0. The molecule has 17 heavy (non-hydrogen) atoms. The van der Waals surface area contributed by atoms with Crippen LogP contribution in [0.1, 0.15) is 25.7 Å². The van der Waals surface area contributed by atoms with E-state index in [0.717, 1.165) is 30.4 Å². The van der Waals surface area contributed by atoms with Crippen LogP contribution in [0.25, 0.3) is 0 Å². The lowest BCUT2D eigenvalue weighted by Gasteiger charge is -2.25. The Labute approximate surface area is 107 Å². The van der Waals surface area contributed by atoms with Crippen molar-refractivity contribution < 1.29 is 19.2 Å². The highest BCUT2D eigenvalue weighted by molar-refractivity contribution is 8.17. The molecule has 0 radical (unpaired) electrons. The van der Waals surface area contributed by atoms with Crippen LogP contribution in [0.5, 0.6) is 0 Å². The molecule has 0 N–H and O–H groups in total. The fraction of sp³-hybridized carbons (Fsp3) is 0.636. The summed E-state index contributed by atoms with van der Waals surface area (Å²) < 4.78 is 0. The van der Waals surface area contributed by atoms with Crippen LogP contribution in [0.2, 0.25) is 0 Å². The van der Waals surface area contributed by atoms with E-state index in [2.05, 4.69) is 0 Å². The molecule has 2 aliphatic heterocycles. The molecule has 4 nitrogen and oxygen atoms in total. The number of carbonyl (C=O) groups excluding carboxylic acids is 4. The first kappa shape index (κ1) is 12.8. The van der Waals surface area contributed by atoms with Crippen molar-refractivity contribution in [3.05, 3.63) is 0 Å². The van der Waals surface area contributed by atoms with Crippen LogP contribution in [0.3, 0.4) is 0 Å². The van der Waals surface area contributed by atoms with Gasteiger partial charge in [-0.15, -0.1) is 0 Å². The van der Waals surface area contributed by atoms with Gasteiger partial charge in [-0.2, -0.15) is 11.8 Å². The maximum atomic E-state index is 11.6. The molecule has 0 saturated carbocycles. The molecule has 0 aromatic rings. The highest BCUT2D eigenvalue weighted by Gasteiger charge is 2.42. The summed E-state index contributed by atoms with van der Waals surface area (Å²) in [4.78, 5) is 45.1. The van der Waals surface area contributed by atoms with Gasteiger partial charge in [-0.25, -0.2) is 0 Å². The minimum absolute atomic E-state index is 0.332. The second-order valence-electron chi connectivity index (χ2n) is 4.14. The van der Waals surface area contributed by atoms with Gasteiger partial charge in [0.1, 0.15) is 0 Å². The van der Waals surface area contributed by atoms with Crippen molar-refractivity contribution in [2.45, 2.75) is 36.2 Å². The number of carbonyl (C=O) groups is 4. The maximum Gasteiger partial charge on any atom is 0.283 e. The molecule has 0 aliphatic carbocycles. The topological polar surface area (TPSA) is 68.3 Å². The molecule has 2 fully saturated rings. The molecule has 6 heteroatoms. The molecule has 92 valence electrons. The first-order chi connectivity index (χ1) is 8.09. The molecule has 0 bridgehead atoms. The summed E-state index contributed by atoms with van der Waals surface area (Å²) in [5, 5.41) is -1.08. The zero-order valence-corrected chi connectivity index (χ0v) is 10.8. The third-order valence-electron chi connectivity index (χ3n) is 2.91. The molecule has 2 atom stereocenters. The Bertz CT molecular complexity index is 385. The van der Waals surface area contributed by atoms with Crippen molar-refractivity contribution in [2.24, 2.45) is 0 Å². The van der Waals surface area contributed by atoms with Crippen molar-refractivity contribution in [3.8, 4) is 0 Å².